The van der Waals surface area contributed by atoms with Gasteiger partial charge in [-0.1, -0.05) is 57.5 Å². The molecule has 4 unspecified atom stereocenters. The highest BCUT2D eigenvalue weighted by molar-refractivity contribution is 5.77. The highest BCUT2D eigenvalue weighted by Gasteiger charge is 2.53. The minimum atomic E-state index is -0.681. The van der Waals surface area contributed by atoms with Gasteiger partial charge in [-0.2, -0.15) is 0 Å². The third-order valence-electron chi connectivity index (χ3n) is 11.1. The molecule has 0 saturated heterocycles. The van der Waals surface area contributed by atoms with Gasteiger partial charge in [-0.05, 0) is 121 Å². The van der Waals surface area contributed by atoms with Gasteiger partial charge in [-0.25, -0.2) is 0 Å². The molecule has 0 radical (unpaired) electrons. The van der Waals surface area contributed by atoms with Crippen molar-refractivity contribution in [3.05, 3.63) is 35.9 Å². The predicted molar refractivity (Wildman–Crippen MR) is 176 cm³/mol. The summed E-state index contributed by atoms with van der Waals surface area (Å²) in [4.78, 5) is 42.5. The lowest BCUT2D eigenvalue weighted by molar-refractivity contribution is -0.192. The number of ether oxygens (including phenoxy) is 3. The first-order valence-electron chi connectivity index (χ1n) is 17.8. The Morgan fingerprint density at radius 3 is 2.09 bits per heavy atom. The number of rotatable bonds is 18. The molecule has 5 rings (SSSR count). The zero-order valence-corrected chi connectivity index (χ0v) is 28.9. The van der Waals surface area contributed by atoms with Gasteiger partial charge in [0, 0.05) is 6.54 Å². The van der Waals surface area contributed by atoms with Crippen LogP contribution in [0.4, 0.5) is 0 Å². The molecule has 4 aliphatic rings. The molecule has 0 heterocycles. The topological polar surface area (TPSA) is 82.1 Å². The van der Waals surface area contributed by atoms with Crippen molar-refractivity contribution >= 4 is 17.9 Å². The van der Waals surface area contributed by atoms with E-state index in [1.54, 1.807) is 0 Å². The van der Waals surface area contributed by atoms with E-state index in [2.05, 4.69) is 6.92 Å². The molecular formula is C38H59NO6. The molecule has 0 N–H and O–H groups in total. The number of nitrogens with zero attached hydrogens (tertiary/aromatic N) is 1. The van der Waals surface area contributed by atoms with Crippen molar-refractivity contribution in [2.45, 2.75) is 123 Å². The van der Waals surface area contributed by atoms with Crippen molar-refractivity contribution in [2.75, 3.05) is 27.2 Å². The summed E-state index contributed by atoms with van der Waals surface area (Å²) in [5, 5.41) is 0. The van der Waals surface area contributed by atoms with Crippen molar-refractivity contribution in [1.29, 1.82) is 0 Å². The van der Waals surface area contributed by atoms with E-state index in [9.17, 15) is 14.4 Å². The van der Waals surface area contributed by atoms with Crippen molar-refractivity contribution in [3.8, 4) is 0 Å². The molecule has 4 aliphatic carbocycles. The molecule has 4 fully saturated rings. The Bertz CT molecular complexity index is 1080. The van der Waals surface area contributed by atoms with Gasteiger partial charge < -0.3 is 19.1 Å². The monoisotopic (exact) mass is 625 g/mol. The zero-order chi connectivity index (χ0) is 32.6. The Kier molecular flexibility index (Phi) is 12.5. The first-order valence-corrected chi connectivity index (χ1v) is 17.8. The third kappa shape index (κ3) is 9.56. The van der Waals surface area contributed by atoms with Crippen LogP contribution in [-0.2, 0) is 28.6 Å². The molecule has 1 aromatic carbocycles. The van der Waals surface area contributed by atoms with Gasteiger partial charge in [0.05, 0.1) is 17.3 Å². The number of esters is 3. The molecule has 0 amide bonds. The molecule has 0 aromatic heterocycles. The second kappa shape index (κ2) is 15.9. The first-order chi connectivity index (χ1) is 21.5. The molecule has 45 heavy (non-hydrogen) atoms. The first kappa shape index (κ1) is 35.4. The maximum Gasteiger partial charge on any atom is 0.311 e. The van der Waals surface area contributed by atoms with Crippen LogP contribution in [0.15, 0.2) is 30.3 Å². The molecular weight excluding hydrogens is 566 g/mol. The van der Waals surface area contributed by atoms with Crippen LogP contribution in [0.2, 0.25) is 0 Å². The van der Waals surface area contributed by atoms with Crippen LogP contribution in [-0.4, -0.2) is 55.7 Å². The molecule has 4 bridgehead atoms. The van der Waals surface area contributed by atoms with Crippen LogP contribution in [0.3, 0.4) is 0 Å². The summed E-state index contributed by atoms with van der Waals surface area (Å²) in [5.41, 5.74) is 0.00366. The van der Waals surface area contributed by atoms with Gasteiger partial charge in [0.2, 0.25) is 0 Å². The number of benzene rings is 1. The van der Waals surface area contributed by atoms with Crippen molar-refractivity contribution in [1.82, 2.24) is 4.90 Å². The number of carbonyl (C=O) groups excluding carboxylic acids is 3. The number of likely N-dealkylation sites (N-methyl/N-ethyl adjacent to an activating group) is 1. The molecule has 7 heteroatoms. The van der Waals surface area contributed by atoms with Crippen LogP contribution in [0.5, 0.6) is 0 Å². The lowest BCUT2D eigenvalue weighted by atomic mass is 9.54. The lowest BCUT2D eigenvalue weighted by Crippen LogP contribution is -2.53. The Balaban J connectivity index is 1.42. The summed E-state index contributed by atoms with van der Waals surface area (Å²) in [5.74, 6) is 0.721. The predicted octanol–water partition coefficient (Wildman–Crippen LogP) is 7.92. The summed E-state index contributed by atoms with van der Waals surface area (Å²) in [6.07, 6.45) is 11.0. The fourth-order valence-corrected chi connectivity index (χ4v) is 8.29. The molecule has 252 valence electrons. The molecule has 1 aromatic rings. The fraction of sp³-hybridized carbons (Fsp3) is 0.763. The smallest absolute Gasteiger partial charge is 0.311 e. The van der Waals surface area contributed by atoms with Gasteiger partial charge in [0.25, 0.3) is 0 Å². The lowest BCUT2D eigenvalue weighted by Gasteiger charge is -2.55. The van der Waals surface area contributed by atoms with E-state index in [1.165, 1.54) is 19.3 Å². The van der Waals surface area contributed by atoms with E-state index >= 15 is 0 Å². The van der Waals surface area contributed by atoms with Crippen molar-refractivity contribution < 1.29 is 28.6 Å². The summed E-state index contributed by atoms with van der Waals surface area (Å²) >= 11 is 0. The van der Waals surface area contributed by atoms with E-state index < -0.39 is 5.41 Å². The van der Waals surface area contributed by atoms with Crippen molar-refractivity contribution in [3.63, 3.8) is 0 Å². The second-order valence-electron chi connectivity index (χ2n) is 15.2. The minimum absolute atomic E-state index is 0.148. The third-order valence-corrected chi connectivity index (χ3v) is 11.1. The maximum atomic E-state index is 14.0. The van der Waals surface area contributed by atoms with E-state index in [0.29, 0.717) is 63.0 Å². The highest BCUT2D eigenvalue weighted by atomic mass is 16.6. The summed E-state index contributed by atoms with van der Waals surface area (Å²) < 4.78 is 18.2. The van der Waals surface area contributed by atoms with Crippen molar-refractivity contribution in [2.24, 2.45) is 35.0 Å². The van der Waals surface area contributed by atoms with Gasteiger partial charge in [-0.15, -0.1) is 0 Å². The Hall–Kier alpha value is -2.41. The van der Waals surface area contributed by atoms with Crippen LogP contribution < -0.4 is 0 Å². The van der Waals surface area contributed by atoms with E-state index in [0.717, 1.165) is 37.7 Å². The molecule has 7 nitrogen and oxygen atoms in total. The van der Waals surface area contributed by atoms with Gasteiger partial charge in [0.15, 0.2) is 0 Å². The van der Waals surface area contributed by atoms with Gasteiger partial charge in [0.1, 0.15) is 18.3 Å². The summed E-state index contributed by atoms with van der Waals surface area (Å²) in [6.45, 7) is 8.96. The Morgan fingerprint density at radius 2 is 1.53 bits per heavy atom. The maximum absolute atomic E-state index is 14.0. The summed E-state index contributed by atoms with van der Waals surface area (Å²) in [7, 11) is 3.91. The van der Waals surface area contributed by atoms with Gasteiger partial charge >= 0.3 is 17.9 Å². The molecule has 0 aliphatic heterocycles. The molecule has 0 spiro atoms. The zero-order valence-electron chi connectivity index (χ0n) is 28.9. The summed E-state index contributed by atoms with van der Waals surface area (Å²) in [6, 6.07) is 9.91. The molecule has 4 atom stereocenters. The largest absolute Gasteiger partial charge is 0.464 e. The number of hydrogen-bond acceptors (Lipinski definition) is 7. The Morgan fingerprint density at radius 1 is 0.911 bits per heavy atom. The van der Waals surface area contributed by atoms with E-state index in [1.807, 2.05) is 70.1 Å². The van der Waals surface area contributed by atoms with Crippen LogP contribution in [0.1, 0.15) is 123 Å². The minimum Gasteiger partial charge on any atom is -0.464 e. The quantitative estimate of drug-likeness (QED) is 0.121. The molecule has 4 saturated carbocycles. The average Bonchev–Trinajstić information content (AvgIpc) is 2.99. The van der Waals surface area contributed by atoms with E-state index in [-0.39, 0.29) is 41.4 Å². The second-order valence-corrected chi connectivity index (χ2v) is 15.2. The average molecular weight is 626 g/mol. The normalized spacial score (nSPS) is 27.0. The van der Waals surface area contributed by atoms with E-state index in [4.69, 9.17) is 14.2 Å². The number of carbonyl (C=O) groups is 3. The van der Waals surface area contributed by atoms with Gasteiger partial charge in [-0.3, -0.25) is 14.4 Å². The Labute approximate surface area is 272 Å². The van der Waals surface area contributed by atoms with Crippen LogP contribution in [0.25, 0.3) is 0 Å². The highest BCUT2D eigenvalue weighted by Crippen LogP contribution is 2.57. The standard InChI is InChI=1S/C38H59NO6/c1-7-12-33(31-13-10-9-11-14-31)44-34(40)27(3)15-16-32(17-18-37(4,8-2)36(42)43-20-19-39(5)6)35(41)45-38-24-28-21-29(25-38)23-30(22-28)26-38/h9-11,13-14,27-30,32-33H,7-8,12,15-26H2,1-6H3. The SMILES string of the molecule is CCCC(OC(=O)C(C)CCC(CCC(C)(CC)C(=O)OCCN(C)C)C(=O)OC12CC3CC(CC(C3)C1)C2)c1ccccc1. The number of hydrogen-bond donors (Lipinski definition) is 0. The van der Waals surface area contributed by atoms with Crippen LogP contribution in [0, 0.1) is 35.0 Å². The van der Waals surface area contributed by atoms with Crippen LogP contribution >= 0.6 is 0 Å². The fourth-order valence-electron chi connectivity index (χ4n) is 8.29.